The van der Waals surface area contributed by atoms with E-state index in [1.165, 1.54) is 44.1 Å². The molecule has 0 saturated carbocycles. The fraction of sp³-hybridized carbons (Fsp3) is 0. The molecule has 25 heavy (non-hydrogen) atoms. The van der Waals surface area contributed by atoms with Crippen LogP contribution in [0.2, 0.25) is 0 Å². The minimum absolute atomic E-state index is 1.18. The predicted molar refractivity (Wildman–Crippen MR) is 107 cm³/mol. The van der Waals surface area contributed by atoms with Crippen LogP contribution in [0.15, 0.2) is 97.1 Å². The summed E-state index contributed by atoms with van der Waals surface area (Å²) in [4.78, 5) is 3.62. The molecule has 0 saturated heterocycles. The van der Waals surface area contributed by atoms with E-state index in [4.69, 9.17) is 0 Å². The smallest absolute Gasteiger partial charge is 0.0544 e. The van der Waals surface area contributed by atoms with Gasteiger partial charge in [0.25, 0.3) is 0 Å². The summed E-state index contributed by atoms with van der Waals surface area (Å²) in [7, 11) is 0. The summed E-state index contributed by atoms with van der Waals surface area (Å²) in [5.41, 5.74) is 7.38. The molecule has 1 heterocycles. The molecule has 0 bridgehead atoms. The molecule has 0 radical (unpaired) electrons. The van der Waals surface area contributed by atoms with Gasteiger partial charge in [0.1, 0.15) is 0 Å². The molecule has 0 atom stereocenters. The molecule has 4 aromatic carbocycles. The minimum atomic E-state index is 1.18. The summed E-state index contributed by atoms with van der Waals surface area (Å²) in [6.45, 7) is 0. The van der Waals surface area contributed by atoms with Crippen molar-refractivity contribution in [1.29, 1.82) is 0 Å². The number of benzene rings is 4. The van der Waals surface area contributed by atoms with Crippen molar-refractivity contribution in [3.8, 4) is 22.3 Å². The molecule has 1 nitrogen and oxygen atoms in total. The molecule has 1 heteroatoms. The third-order valence-electron chi connectivity index (χ3n) is 4.84. The van der Waals surface area contributed by atoms with Crippen molar-refractivity contribution in [2.45, 2.75) is 0 Å². The molecule has 0 aliphatic heterocycles. The molecule has 1 aromatic heterocycles. The van der Waals surface area contributed by atoms with Gasteiger partial charge in [-0.3, -0.25) is 0 Å². The van der Waals surface area contributed by atoms with Gasteiger partial charge in [0, 0.05) is 21.9 Å². The monoisotopic (exact) mass is 319 g/mol. The van der Waals surface area contributed by atoms with E-state index in [2.05, 4.69) is 102 Å². The average molecular weight is 319 g/mol. The highest BCUT2D eigenvalue weighted by molar-refractivity contribution is 6.12. The fourth-order valence-electron chi connectivity index (χ4n) is 3.68. The molecule has 0 fully saturated rings. The summed E-state index contributed by atoms with van der Waals surface area (Å²) >= 11 is 0. The van der Waals surface area contributed by atoms with Gasteiger partial charge in [0.05, 0.1) is 5.52 Å². The zero-order chi connectivity index (χ0) is 16.6. The third-order valence-corrected chi connectivity index (χ3v) is 4.84. The Balaban J connectivity index is 1.83. The highest BCUT2D eigenvalue weighted by atomic mass is 14.7. The number of aromatic nitrogens is 1. The van der Waals surface area contributed by atoms with Crippen LogP contribution in [-0.2, 0) is 0 Å². The first-order chi connectivity index (χ1) is 12.4. The molecule has 0 aliphatic carbocycles. The minimum Gasteiger partial charge on any atom is -0.354 e. The quantitative estimate of drug-likeness (QED) is 0.374. The van der Waals surface area contributed by atoms with Crippen molar-refractivity contribution in [1.82, 2.24) is 4.98 Å². The van der Waals surface area contributed by atoms with Crippen LogP contribution in [0.4, 0.5) is 0 Å². The van der Waals surface area contributed by atoms with E-state index < -0.39 is 0 Å². The number of fused-ring (bicyclic) bond motifs is 3. The topological polar surface area (TPSA) is 15.8 Å². The lowest BCUT2D eigenvalue weighted by Gasteiger charge is -2.11. The van der Waals surface area contributed by atoms with E-state index in [0.717, 1.165) is 0 Å². The third kappa shape index (κ3) is 2.25. The van der Waals surface area contributed by atoms with E-state index in [-0.39, 0.29) is 0 Å². The van der Waals surface area contributed by atoms with Gasteiger partial charge in [-0.25, -0.2) is 0 Å². The van der Waals surface area contributed by atoms with Crippen LogP contribution >= 0.6 is 0 Å². The van der Waals surface area contributed by atoms with E-state index in [9.17, 15) is 0 Å². The Morgan fingerprint density at radius 3 is 1.96 bits per heavy atom. The number of para-hydroxylation sites is 2. The van der Waals surface area contributed by atoms with Crippen molar-refractivity contribution in [3.63, 3.8) is 0 Å². The first-order valence-corrected chi connectivity index (χ1v) is 8.56. The number of hydrogen-bond donors (Lipinski definition) is 1. The molecular weight excluding hydrogens is 302 g/mol. The summed E-state index contributed by atoms with van der Waals surface area (Å²) in [5, 5.41) is 2.55. The highest BCUT2D eigenvalue weighted by Gasteiger charge is 2.12. The van der Waals surface area contributed by atoms with Gasteiger partial charge >= 0.3 is 0 Å². The number of H-pyrrole nitrogens is 1. The van der Waals surface area contributed by atoms with E-state index in [1.54, 1.807) is 0 Å². The Bertz CT molecular complexity index is 1180. The molecule has 0 spiro atoms. The van der Waals surface area contributed by atoms with Crippen molar-refractivity contribution in [2.75, 3.05) is 0 Å². The Morgan fingerprint density at radius 1 is 0.440 bits per heavy atom. The molecule has 5 rings (SSSR count). The summed E-state index contributed by atoms with van der Waals surface area (Å²) in [6, 6.07) is 34.3. The molecule has 5 aromatic rings. The average Bonchev–Trinajstić information content (AvgIpc) is 3.07. The SMILES string of the molecule is c1ccc(-c2ccccc2-c2cccc3c2[nH]c2ccccc23)cc1. The lowest BCUT2D eigenvalue weighted by Crippen LogP contribution is -1.86. The zero-order valence-corrected chi connectivity index (χ0v) is 13.7. The van der Waals surface area contributed by atoms with Gasteiger partial charge in [0.2, 0.25) is 0 Å². The van der Waals surface area contributed by atoms with Crippen LogP contribution in [0.25, 0.3) is 44.1 Å². The van der Waals surface area contributed by atoms with Gasteiger partial charge in [-0.2, -0.15) is 0 Å². The van der Waals surface area contributed by atoms with E-state index in [0.29, 0.717) is 0 Å². The fourth-order valence-corrected chi connectivity index (χ4v) is 3.68. The lowest BCUT2D eigenvalue weighted by molar-refractivity contribution is 1.53. The van der Waals surface area contributed by atoms with Crippen molar-refractivity contribution in [2.24, 2.45) is 0 Å². The van der Waals surface area contributed by atoms with Crippen LogP contribution in [0.1, 0.15) is 0 Å². The summed E-state index contributed by atoms with van der Waals surface area (Å²) in [6.07, 6.45) is 0. The maximum absolute atomic E-state index is 3.62. The molecule has 0 unspecified atom stereocenters. The predicted octanol–water partition coefficient (Wildman–Crippen LogP) is 6.66. The summed E-state index contributed by atoms with van der Waals surface area (Å²) in [5.74, 6) is 0. The largest absolute Gasteiger partial charge is 0.354 e. The second-order valence-corrected chi connectivity index (χ2v) is 6.31. The first-order valence-electron chi connectivity index (χ1n) is 8.56. The van der Waals surface area contributed by atoms with Crippen molar-refractivity contribution >= 4 is 21.8 Å². The van der Waals surface area contributed by atoms with Gasteiger partial charge < -0.3 is 4.98 Å². The van der Waals surface area contributed by atoms with Crippen LogP contribution < -0.4 is 0 Å². The van der Waals surface area contributed by atoms with Crippen LogP contribution in [0, 0.1) is 0 Å². The Morgan fingerprint density at radius 2 is 1.08 bits per heavy atom. The van der Waals surface area contributed by atoms with Gasteiger partial charge in [-0.1, -0.05) is 91.0 Å². The maximum atomic E-state index is 3.62. The normalized spacial score (nSPS) is 11.2. The molecule has 118 valence electrons. The second kappa shape index (κ2) is 5.64. The maximum Gasteiger partial charge on any atom is 0.0544 e. The van der Waals surface area contributed by atoms with Crippen molar-refractivity contribution in [3.05, 3.63) is 97.1 Å². The van der Waals surface area contributed by atoms with Crippen LogP contribution in [-0.4, -0.2) is 4.98 Å². The number of nitrogens with one attached hydrogen (secondary N) is 1. The second-order valence-electron chi connectivity index (χ2n) is 6.31. The highest BCUT2D eigenvalue weighted by Crippen LogP contribution is 2.37. The van der Waals surface area contributed by atoms with Crippen molar-refractivity contribution < 1.29 is 0 Å². The number of aromatic amines is 1. The molecular formula is C24H17N. The van der Waals surface area contributed by atoms with Crippen LogP contribution in [0.3, 0.4) is 0 Å². The molecule has 1 N–H and O–H groups in total. The van der Waals surface area contributed by atoms with Gasteiger partial charge in [-0.15, -0.1) is 0 Å². The van der Waals surface area contributed by atoms with Crippen LogP contribution in [0.5, 0.6) is 0 Å². The Kier molecular flexibility index (Phi) is 3.17. The molecule has 0 amide bonds. The Hall–Kier alpha value is -3.32. The van der Waals surface area contributed by atoms with E-state index in [1.807, 2.05) is 0 Å². The molecule has 0 aliphatic rings. The van der Waals surface area contributed by atoms with Gasteiger partial charge in [0.15, 0.2) is 0 Å². The Labute approximate surface area is 146 Å². The number of hydrogen-bond acceptors (Lipinski definition) is 0. The summed E-state index contributed by atoms with van der Waals surface area (Å²) < 4.78 is 0. The first kappa shape index (κ1) is 14.1. The van der Waals surface area contributed by atoms with Gasteiger partial charge in [-0.05, 0) is 22.8 Å². The van der Waals surface area contributed by atoms with E-state index >= 15 is 0 Å². The lowest BCUT2D eigenvalue weighted by atomic mass is 9.93. The standard InChI is InChI=1S/C24H17N/c1-2-9-17(10-3-1)18-11-4-5-12-19(18)21-14-8-15-22-20-13-6-7-16-23(20)25-24(21)22/h1-16,25H. The number of rotatable bonds is 2. The zero-order valence-electron chi connectivity index (χ0n) is 13.7.